The molecule has 0 bridgehead atoms. The van der Waals surface area contributed by atoms with Crippen molar-refractivity contribution in [2.24, 2.45) is 0 Å². The molecule has 1 amide bonds. The molecule has 5 nitrogen and oxygen atoms in total. The number of aryl methyl sites for hydroxylation is 1. The van der Waals surface area contributed by atoms with Gasteiger partial charge < -0.3 is 14.7 Å². The summed E-state index contributed by atoms with van der Waals surface area (Å²) in [6.45, 7) is 7.21. The zero-order valence-electron chi connectivity index (χ0n) is 11.6. The zero-order valence-corrected chi connectivity index (χ0v) is 12.4. The van der Waals surface area contributed by atoms with Crippen LogP contribution in [0.1, 0.15) is 41.6 Å². The molecule has 1 rings (SSSR count). The summed E-state index contributed by atoms with van der Waals surface area (Å²) in [6.07, 6.45) is 0. The Labute approximate surface area is 114 Å². The molecular formula is C12H22ClN3O2. The third-order valence-electron chi connectivity index (χ3n) is 2.67. The van der Waals surface area contributed by atoms with E-state index < -0.39 is 0 Å². The van der Waals surface area contributed by atoms with Gasteiger partial charge in [-0.1, -0.05) is 19.0 Å². The summed E-state index contributed by atoms with van der Waals surface area (Å²) in [5, 5.41) is 6.90. The predicted octanol–water partition coefficient (Wildman–Crippen LogP) is 1.82. The quantitative estimate of drug-likeness (QED) is 0.891. The molecule has 0 saturated heterocycles. The van der Waals surface area contributed by atoms with Gasteiger partial charge in [-0.3, -0.25) is 4.79 Å². The van der Waals surface area contributed by atoms with E-state index in [1.165, 1.54) is 0 Å². The summed E-state index contributed by atoms with van der Waals surface area (Å²) < 4.78 is 5.22. The molecular weight excluding hydrogens is 254 g/mol. The van der Waals surface area contributed by atoms with Gasteiger partial charge in [-0.15, -0.1) is 12.4 Å². The van der Waals surface area contributed by atoms with E-state index in [2.05, 4.69) is 10.5 Å². The lowest BCUT2D eigenvalue weighted by Crippen LogP contribution is -2.33. The Morgan fingerprint density at radius 3 is 2.61 bits per heavy atom. The second-order valence-electron chi connectivity index (χ2n) is 4.49. The number of hydrogen-bond donors (Lipinski definition) is 1. The van der Waals surface area contributed by atoms with E-state index in [1.54, 1.807) is 18.9 Å². The van der Waals surface area contributed by atoms with E-state index in [0.29, 0.717) is 23.6 Å². The van der Waals surface area contributed by atoms with Crippen molar-refractivity contribution in [3.8, 4) is 0 Å². The fourth-order valence-electron chi connectivity index (χ4n) is 1.61. The average Bonchev–Trinajstić information content (AvgIpc) is 2.67. The Balaban J connectivity index is 0.00000289. The van der Waals surface area contributed by atoms with Crippen LogP contribution < -0.4 is 5.32 Å². The first-order chi connectivity index (χ1) is 7.99. The normalized spacial score (nSPS) is 10.3. The largest absolute Gasteiger partial charge is 0.360 e. The van der Waals surface area contributed by atoms with Gasteiger partial charge in [0.25, 0.3) is 5.91 Å². The van der Waals surface area contributed by atoms with Crippen LogP contribution in [0.15, 0.2) is 4.52 Å². The van der Waals surface area contributed by atoms with E-state index in [9.17, 15) is 4.79 Å². The first-order valence-electron chi connectivity index (χ1n) is 5.85. The summed E-state index contributed by atoms with van der Waals surface area (Å²) >= 11 is 0. The van der Waals surface area contributed by atoms with Gasteiger partial charge in [0, 0.05) is 26.1 Å². The minimum Gasteiger partial charge on any atom is -0.360 e. The average molecular weight is 276 g/mol. The van der Waals surface area contributed by atoms with Crippen molar-refractivity contribution in [3.63, 3.8) is 0 Å². The molecule has 0 saturated carbocycles. The number of carbonyl (C=O) groups is 1. The summed E-state index contributed by atoms with van der Waals surface area (Å²) in [7, 11) is 3.65. The number of likely N-dealkylation sites (N-methyl/N-ethyl adjacent to an activating group) is 2. The fraction of sp³-hybridized carbons (Fsp3) is 0.667. The molecule has 18 heavy (non-hydrogen) atoms. The molecule has 0 atom stereocenters. The lowest BCUT2D eigenvalue weighted by Gasteiger charge is -2.17. The summed E-state index contributed by atoms with van der Waals surface area (Å²) in [5.74, 6) is 0.805. The van der Waals surface area contributed by atoms with Crippen molar-refractivity contribution < 1.29 is 9.32 Å². The molecule has 104 valence electrons. The smallest absolute Gasteiger partial charge is 0.259 e. The van der Waals surface area contributed by atoms with Crippen molar-refractivity contribution in [2.75, 3.05) is 27.2 Å². The first-order valence-corrected chi connectivity index (χ1v) is 5.85. The van der Waals surface area contributed by atoms with E-state index >= 15 is 0 Å². The van der Waals surface area contributed by atoms with E-state index in [1.807, 2.05) is 20.9 Å². The standard InChI is InChI=1S/C12H21N3O2.ClH/c1-8(2)11-10(9(3)14-17-11)12(16)15(5)7-6-13-4;/h8,13H,6-7H2,1-5H3;1H. The molecule has 1 aromatic heterocycles. The van der Waals surface area contributed by atoms with Gasteiger partial charge in [0.2, 0.25) is 0 Å². The monoisotopic (exact) mass is 275 g/mol. The van der Waals surface area contributed by atoms with Crippen molar-refractivity contribution in [1.29, 1.82) is 0 Å². The van der Waals surface area contributed by atoms with Crippen molar-refractivity contribution in [3.05, 3.63) is 17.0 Å². The Morgan fingerprint density at radius 1 is 1.50 bits per heavy atom. The Kier molecular flexibility index (Phi) is 6.94. The Morgan fingerprint density at radius 2 is 2.11 bits per heavy atom. The molecule has 0 spiro atoms. The molecule has 0 unspecified atom stereocenters. The van der Waals surface area contributed by atoms with Crippen LogP contribution in [0.4, 0.5) is 0 Å². The van der Waals surface area contributed by atoms with Crippen LogP contribution in [0.2, 0.25) is 0 Å². The summed E-state index contributed by atoms with van der Waals surface area (Å²) in [5.41, 5.74) is 1.27. The minimum absolute atomic E-state index is 0. The number of hydrogen-bond acceptors (Lipinski definition) is 4. The third-order valence-corrected chi connectivity index (χ3v) is 2.67. The van der Waals surface area contributed by atoms with Crippen molar-refractivity contribution in [2.45, 2.75) is 26.7 Å². The maximum Gasteiger partial charge on any atom is 0.259 e. The van der Waals surface area contributed by atoms with Crippen molar-refractivity contribution in [1.82, 2.24) is 15.4 Å². The van der Waals surface area contributed by atoms with E-state index in [0.717, 1.165) is 6.54 Å². The van der Waals surface area contributed by atoms with Crippen LogP contribution >= 0.6 is 12.4 Å². The van der Waals surface area contributed by atoms with Gasteiger partial charge in [-0.05, 0) is 14.0 Å². The topological polar surface area (TPSA) is 58.4 Å². The molecule has 0 fully saturated rings. The van der Waals surface area contributed by atoms with Crippen molar-refractivity contribution >= 4 is 18.3 Å². The van der Waals surface area contributed by atoms with Gasteiger partial charge in [-0.2, -0.15) is 0 Å². The van der Waals surface area contributed by atoms with E-state index in [4.69, 9.17) is 4.52 Å². The highest BCUT2D eigenvalue weighted by atomic mass is 35.5. The maximum absolute atomic E-state index is 12.3. The highest BCUT2D eigenvalue weighted by Gasteiger charge is 2.24. The SMILES string of the molecule is CNCCN(C)C(=O)c1c(C)noc1C(C)C.Cl. The fourth-order valence-corrected chi connectivity index (χ4v) is 1.61. The lowest BCUT2D eigenvalue weighted by molar-refractivity contribution is 0.0793. The maximum atomic E-state index is 12.3. The molecule has 0 aliphatic heterocycles. The van der Waals surface area contributed by atoms with Crippen LogP contribution in [0, 0.1) is 6.92 Å². The number of nitrogens with one attached hydrogen (secondary N) is 1. The molecule has 0 aliphatic rings. The molecule has 1 heterocycles. The number of amides is 1. The van der Waals surface area contributed by atoms with E-state index in [-0.39, 0.29) is 24.2 Å². The summed E-state index contributed by atoms with van der Waals surface area (Å²) in [6, 6.07) is 0. The van der Waals surface area contributed by atoms with Gasteiger partial charge in [-0.25, -0.2) is 0 Å². The van der Waals surface area contributed by atoms with Gasteiger partial charge in [0.15, 0.2) is 5.76 Å². The second-order valence-corrected chi connectivity index (χ2v) is 4.49. The second kappa shape index (κ2) is 7.38. The molecule has 6 heteroatoms. The van der Waals surface area contributed by atoms with Gasteiger partial charge >= 0.3 is 0 Å². The van der Waals surface area contributed by atoms with Crippen LogP contribution in [-0.2, 0) is 0 Å². The van der Waals surface area contributed by atoms with Gasteiger partial charge in [0.05, 0.1) is 5.69 Å². The molecule has 1 aromatic rings. The number of aromatic nitrogens is 1. The molecule has 0 radical (unpaired) electrons. The molecule has 0 aromatic carbocycles. The lowest BCUT2D eigenvalue weighted by atomic mass is 10.0. The highest BCUT2D eigenvalue weighted by Crippen LogP contribution is 2.23. The van der Waals surface area contributed by atoms with Gasteiger partial charge in [0.1, 0.15) is 5.56 Å². The molecule has 0 aliphatic carbocycles. The highest BCUT2D eigenvalue weighted by molar-refractivity contribution is 5.96. The number of carbonyl (C=O) groups excluding carboxylic acids is 1. The Bertz CT molecular complexity index is 391. The number of nitrogens with zero attached hydrogens (tertiary/aromatic N) is 2. The molecule has 1 N–H and O–H groups in total. The number of rotatable bonds is 5. The zero-order chi connectivity index (χ0) is 13.0. The third kappa shape index (κ3) is 3.71. The van der Waals surface area contributed by atoms with Crippen LogP contribution in [0.5, 0.6) is 0 Å². The van der Waals surface area contributed by atoms with Crippen LogP contribution in [0.3, 0.4) is 0 Å². The minimum atomic E-state index is -0.0253. The first kappa shape index (κ1) is 16.9. The number of halogens is 1. The Hall–Kier alpha value is -1.07. The van der Waals surface area contributed by atoms with Crippen LogP contribution in [0.25, 0.3) is 0 Å². The van der Waals surface area contributed by atoms with Crippen LogP contribution in [-0.4, -0.2) is 43.1 Å². The summed E-state index contributed by atoms with van der Waals surface area (Å²) in [4.78, 5) is 13.9. The predicted molar refractivity (Wildman–Crippen MR) is 73.5 cm³/mol.